The third kappa shape index (κ3) is 5.02. The van der Waals surface area contributed by atoms with Crippen molar-refractivity contribution in [3.8, 4) is 0 Å². The maximum Gasteiger partial charge on any atom is 0.0294 e. The summed E-state index contributed by atoms with van der Waals surface area (Å²) in [5.41, 5.74) is 5.48. The van der Waals surface area contributed by atoms with Gasteiger partial charge >= 0.3 is 0 Å². The first-order chi connectivity index (χ1) is 10.2. The lowest BCUT2D eigenvalue weighted by Gasteiger charge is -2.15. The molecular formula is C20H27N. The fraction of sp³-hybridized carbons (Fsp3) is 0.400. The van der Waals surface area contributed by atoms with Gasteiger partial charge < -0.3 is 5.32 Å². The second-order valence-corrected chi connectivity index (χ2v) is 5.94. The second kappa shape index (κ2) is 7.99. The summed E-state index contributed by atoms with van der Waals surface area (Å²) >= 11 is 0. The molecule has 2 rings (SSSR count). The summed E-state index contributed by atoms with van der Waals surface area (Å²) in [6, 6.07) is 18.1. The van der Waals surface area contributed by atoms with Gasteiger partial charge in [-0.1, -0.05) is 67.4 Å². The summed E-state index contributed by atoms with van der Waals surface area (Å²) in [5, 5.41) is 3.61. The summed E-state index contributed by atoms with van der Waals surface area (Å²) in [4.78, 5) is 0. The minimum atomic E-state index is 0.380. The molecule has 1 N–H and O–H groups in total. The molecule has 1 unspecified atom stereocenters. The Morgan fingerprint density at radius 1 is 1.00 bits per heavy atom. The van der Waals surface area contributed by atoms with Crippen LogP contribution in [0.1, 0.15) is 55.0 Å². The van der Waals surface area contributed by atoms with E-state index < -0.39 is 0 Å². The Balaban J connectivity index is 1.89. The molecule has 0 heterocycles. The summed E-state index contributed by atoms with van der Waals surface area (Å²) in [6.07, 6.45) is 3.73. The highest BCUT2D eigenvalue weighted by Gasteiger charge is 2.05. The molecule has 0 amide bonds. The predicted molar refractivity (Wildman–Crippen MR) is 91.5 cm³/mol. The molecule has 0 saturated heterocycles. The Morgan fingerprint density at radius 3 is 2.43 bits per heavy atom. The Labute approximate surface area is 129 Å². The van der Waals surface area contributed by atoms with Crippen LogP contribution >= 0.6 is 0 Å². The van der Waals surface area contributed by atoms with Crippen molar-refractivity contribution in [1.82, 2.24) is 5.32 Å². The van der Waals surface area contributed by atoms with E-state index >= 15 is 0 Å². The van der Waals surface area contributed by atoms with E-state index in [0.29, 0.717) is 6.04 Å². The van der Waals surface area contributed by atoms with Crippen molar-refractivity contribution < 1.29 is 0 Å². The molecule has 0 radical (unpaired) electrons. The van der Waals surface area contributed by atoms with Crippen LogP contribution in [0.5, 0.6) is 0 Å². The molecule has 0 aliphatic heterocycles. The van der Waals surface area contributed by atoms with Crippen molar-refractivity contribution in [3.05, 3.63) is 70.8 Å². The zero-order chi connectivity index (χ0) is 15.1. The Kier molecular flexibility index (Phi) is 6.01. The monoisotopic (exact) mass is 281 g/mol. The Bertz CT molecular complexity index is 542. The molecule has 2 aromatic carbocycles. The molecular weight excluding hydrogens is 254 g/mol. The van der Waals surface area contributed by atoms with Gasteiger partial charge in [-0.25, -0.2) is 0 Å². The van der Waals surface area contributed by atoms with E-state index in [4.69, 9.17) is 0 Å². The molecule has 1 atom stereocenters. The molecule has 0 aliphatic carbocycles. The maximum absolute atomic E-state index is 3.61. The van der Waals surface area contributed by atoms with E-state index in [1.165, 1.54) is 41.5 Å². The fourth-order valence-corrected chi connectivity index (χ4v) is 2.56. The average molecular weight is 281 g/mol. The summed E-state index contributed by atoms with van der Waals surface area (Å²) in [6.45, 7) is 7.53. The minimum Gasteiger partial charge on any atom is -0.306 e. The fourth-order valence-electron chi connectivity index (χ4n) is 2.56. The van der Waals surface area contributed by atoms with Gasteiger partial charge in [0, 0.05) is 12.6 Å². The summed E-state index contributed by atoms with van der Waals surface area (Å²) < 4.78 is 0. The highest BCUT2D eigenvalue weighted by molar-refractivity contribution is 5.26. The van der Waals surface area contributed by atoms with E-state index in [1.54, 1.807) is 0 Å². The summed E-state index contributed by atoms with van der Waals surface area (Å²) in [5.74, 6) is 0. The Hall–Kier alpha value is -1.60. The first-order valence-corrected chi connectivity index (χ1v) is 8.07. The van der Waals surface area contributed by atoms with Crippen LogP contribution in [-0.2, 0) is 13.0 Å². The molecule has 0 bridgehead atoms. The molecule has 21 heavy (non-hydrogen) atoms. The van der Waals surface area contributed by atoms with Crippen LogP contribution in [0.4, 0.5) is 0 Å². The van der Waals surface area contributed by atoms with E-state index in [1.807, 2.05) is 0 Å². The normalized spacial score (nSPS) is 12.3. The number of hydrogen-bond donors (Lipinski definition) is 1. The lowest BCUT2D eigenvalue weighted by molar-refractivity contribution is 0.574. The molecule has 0 saturated carbocycles. The van der Waals surface area contributed by atoms with Crippen LogP contribution in [0.3, 0.4) is 0 Å². The number of unbranched alkanes of at least 4 members (excludes halogenated alkanes) is 1. The number of nitrogens with one attached hydrogen (secondary N) is 1. The first-order valence-electron chi connectivity index (χ1n) is 8.07. The predicted octanol–water partition coefficient (Wildman–Crippen LogP) is 5.19. The van der Waals surface area contributed by atoms with Crippen molar-refractivity contribution in [2.75, 3.05) is 0 Å². The molecule has 0 aromatic heterocycles. The van der Waals surface area contributed by atoms with Gasteiger partial charge in [0.2, 0.25) is 0 Å². The Morgan fingerprint density at radius 2 is 1.76 bits per heavy atom. The van der Waals surface area contributed by atoms with Crippen molar-refractivity contribution in [3.63, 3.8) is 0 Å². The van der Waals surface area contributed by atoms with Gasteiger partial charge in [0.05, 0.1) is 0 Å². The number of benzene rings is 2. The molecule has 1 nitrogen and oxygen atoms in total. The largest absolute Gasteiger partial charge is 0.306 e. The molecule has 0 fully saturated rings. The molecule has 112 valence electrons. The topological polar surface area (TPSA) is 12.0 Å². The van der Waals surface area contributed by atoms with Gasteiger partial charge in [0.15, 0.2) is 0 Å². The van der Waals surface area contributed by atoms with Crippen molar-refractivity contribution in [2.24, 2.45) is 0 Å². The van der Waals surface area contributed by atoms with Crippen LogP contribution in [0.15, 0.2) is 48.5 Å². The van der Waals surface area contributed by atoms with Gasteiger partial charge in [-0.15, -0.1) is 0 Å². The quantitative estimate of drug-likeness (QED) is 0.736. The second-order valence-electron chi connectivity index (χ2n) is 5.94. The van der Waals surface area contributed by atoms with E-state index in [2.05, 4.69) is 74.6 Å². The van der Waals surface area contributed by atoms with Crippen molar-refractivity contribution in [1.29, 1.82) is 0 Å². The van der Waals surface area contributed by atoms with Gasteiger partial charge in [-0.05, 0) is 43.4 Å². The van der Waals surface area contributed by atoms with Gasteiger partial charge in [-0.3, -0.25) is 0 Å². The number of hydrogen-bond acceptors (Lipinski definition) is 1. The summed E-state index contributed by atoms with van der Waals surface area (Å²) in [7, 11) is 0. The van der Waals surface area contributed by atoms with Crippen LogP contribution in [0.25, 0.3) is 0 Å². The van der Waals surface area contributed by atoms with E-state index in [9.17, 15) is 0 Å². The van der Waals surface area contributed by atoms with Crippen molar-refractivity contribution >= 4 is 0 Å². The first kappa shape index (κ1) is 15.8. The molecule has 2 aromatic rings. The van der Waals surface area contributed by atoms with Gasteiger partial charge in [0.25, 0.3) is 0 Å². The molecule has 1 heteroatoms. The van der Waals surface area contributed by atoms with E-state index in [0.717, 1.165) is 6.54 Å². The zero-order valence-electron chi connectivity index (χ0n) is 13.5. The molecule has 0 spiro atoms. The lowest BCUT2D eigenvalue weighted by Crippen LogP contribution is -2.18. The molecule has 0 aliphatic rings. The maximum atomic E-state index is 3.61. The van der Waals surface area contributed by atoms with Crippen molar-refractivity contribution in [2.45, 2.75) is 52.6 Å². The third-order valence-electron chi connectivity index (χ3n) is 3.99. The van der Waals surface area contributed by atoms with Crippen LogP contribution in [0.2, 0.25) is 0 Å². The number of aryl methyl sites for hydroxylation is 2. The van der Waals surface area contributed by atoms with Crippen LogP contribution in [-0.4, -0.2) is 0 Å². The smallest absolute Gasteiger partial charge is 0.0294 e. The van der Waals surface area contributed by atoms with Gasteiger partial charge in [0.1, 0.15) is 0 Å². The van der Waals surface area contributed by atoms with Gasteiger partial charge in [-0.2, -0.15) is 0 Å². The van der Waals surface area contributed by atoms with Crippen LogP contribution in [0, 0.1) is 6.92 Å². The average Bonchev–Trinajstić information content (AvgIpc) is 2.51. The standard InChI is InChI=1S/C20H27N/c1-4-5-8-18-10-12-20(13-11-18)17(3)21-15-19-9-6-7-16(2)14-19/h6-7,9-14,17,21H,4-5,8,15H2,1-3H3. The number of rotatable bonds is 7. The lowest BCUT2D eigenvalue weighted by atomic mass is 10.0. The SMILES string of the molecule is CCCCc1ccc(C(C)NCc2cccc(C)c2)cc1. The zero-order valence-corrected chi connectivity index (χ0v) is 13.5. The minimum absolute atomic E-state index is 0.380. The highest BCUT2D eigenvalue weighted by Crippen LogP contribution is 2.15. The van der Waals surface area contributed by atoms with E-state index in [-0.39, 0.29) is 0 Å². The van der Waals surface area contributed by atoms with Crippen LogP contribution < -0.4 is 5.32 Å². The third-order valence-corrected chi connectivity index (χ3v) is 3.99. The highest BCUT2D eigenvalue weighted by atomic mass is 14.9.